The Hall–Kier alpha value is -1.40. The zero-order valence-electron chi connectivity index (χ0n) is 13.4. The van der Waals surface area contributed by atoms with Crippen molar-refractivity contribution in [3.63, 3.8) is 0 Å². The second kappa shape index (κ2) is 8.29. The number of hydrogen-bond acceptors (Lipinski definition) is 4. The summed E-state index contributed by atoms with van der Waals surface area (Å²) in [7, 11) is 0. The average molecular weight is 323 g/mol. The van der Waals surface area contributed by atoms with Crippen molar-refractivity contribution in [2.75, 3.05) is 19.6 Å². The Morgan fingerprint density at radius 1 is 1.41 bits per heavy atom. The first kappa shape index (κ1) is 17.0. The lowest BCUT2D eigenvalue weighted by Crippen LogP contribution is -2.44. The van der Waals surface area contributed by atoms with Gasteiger partial charge in [-0.1, -0.05) is 0 Å². The molecule has 0 saturated carbocycles. The number of nitrogens with zero attached hydrogens (tertiary/aromatic N) is 1. The van der Waals surface area contributed by atoms with Crippen LogP contribution in [0.1, 0.15) is 37.1 Å². The maximum absolute atomic E-state index is 11.8. The number of carbonyl (C=O) groups is 2. The zero-order valence-corrected chi connectivity index (χ0v) is 14.2. The molecule has 122 valence electrons. The average Bonchev–Trinajstić information content (AvgIpc) is 2.96. The summed E-state index contributed by atoms with van der Waals surface area (Å²) in [6, 6.07) is 2.55. The van der Waals surface area contributed by atoms with Gasteiger partial charge in [0.1, 0.15) is 0 Å². The number of thiophene rings is 1. The van der Waals surface area contributed by atoms with Crippen LogP contribution in [0.3, 0.4) is 0 Å². The Morgan fingerprint density at radius 3 is 3.00 bits per heavy atom. The van der Waals surface area contributed by atoms with E-state index in [0.717, 1.165) is 19.5 Å². The highest BCUT2D eigenvalue weighted by molar-refractivity contribution is 7.10. The second-order valence-electron chi connectivity index (χ2n) is 5.83. The topological polar surface area (TPSA) is 61.4 Å². The van der Waals surface area contributed by atoms with Gasteiger partial charge in [-0.05, 0) is 36.8 Å². The molecule has 0 aromatic carbocycles. The molecule has 1 atom stereocenters. The van der Waals surface area contributed by atoms with Crippen LogP contribution in [-0.4, -0.2) is 42.4 Å². The number of hydrogen-bond donors (Lipinski definition) is 2. The van der Waals surface area contributed by atoms with Gasteiger partial charge in [0.25, 0.3) is 0 Å². The van der Waals surface area contributed by atoms with Crippen LogP contribution in [0.25, 0.3) is 0 Å². The van der Waals surface area contributed by atoms with Crippen LogP contribution >= 0.6 is 11.3 Å². The van der Waals surface area contributed by atoms with Crippen molar-refractivity contribution >= 4 is 23.2 Å². The molecular weight excluding hydrogens is 298 g/mol. The summed E-state index contributed by atoms with van der Waals surface area (Å²) in [5, 5.41) is 7.86. The predicted molar refractivity (Wildman–Crippen MR) is 88.8 cm³/mol. The molecule has 1 aliphatic heterocycles. The fourth-order valence-corrected chi connectivity index (χ4v) is 3.53. The van der Waals surface area contributed by atoms with Crippen LogP contribution in [0.2, 0.25) is 0 Å². The third-order valence-electron chi connectivity index (χ3n) is 4.01. The number of fused-ring (bicyclic) bond motifs is 1. The normalized spacial score (nSPS) is 15.9. The van der Waals surface area contributed by atoms with Gasteiger partial charge in [0.05, 0.1) is 0 Å². The van der Waals surface area contributed by atoms with Crippen LogP contribution in [0.5, 0.6) is 0 Å². The van der Waals surface area contributed by atoms with Gasteiger partial charge in [0, 0.05) is 50.4 Å². The lowest BCUT2D eigenvalue weighted by molar-refractivity contribution is -0.122. The monoisotopic (exact) mass is 323 g/mol. The van der Waals surface area contributed by atoms with Gasteiger partial charge < -0.3 is 10.6 Å². The molecule has 0 unspecified atom stereocenters. The molecule has 2 heterocycles. The summed E-state index contributed by atoms with van der Waals surface area (Å²) in [5.41, 5.74) is 1.43. The number of nitrogens with one attached hydrogen (secondary N) is 2. The molecule has 0 radical (unpaired) electrons. The van der Waals surface area contributed by atoms with Gasteiger partial charge in [-0.15, -0.1) is 11.3 Å². The number of carbonyl (C=O) groups excluding carboxylic acids is 2. The van der Waals surface area contributed by atoms with Crippen molar-refractivity contribution in [3.05, 3.63) is 21.9 Å². The van der Waals surface area contributed by atoms with Crippen molar-refractivity contribution in [3.8, 4) is 0 Å². The molecule has 5 nitrogen and oxygen atoms in total. The first-order chi connectivity index (χ1) is 10.6. The highest BCUT2D eigenvalue weighted by Crippen LogP contribution is 2.24. The summed E-state index contributed by atoms with van der Waals surface area (Å²) in [4.78, 5) is 26.4. The fraction of sp³-hybridized carbons (Fsp3) is 0.625. The largest absolute Gasteiger partial charge is 0.356 e. The minimum Gasteiger partial charge on any atom is -0.356 e. The van der Waals surface area contributed by atoms with Gasteiger partial charge >= 0.3 is 0 Å². The van der Waals surface area contributed by atoms with Gasteiger partial charge in [-0.25, -0.2) is 0 Å². The number of rotatable bonds is 7. The zero-order chi connectivity index (χ0) is 15.9. The molecule has 2 rings (SSSR count). The van der Waals surface area contributed by atoms with E-state index in [1.165, 1.54) is 17.4 Å². The summed E-state index contributed by atoms with van der Waals surface area (Å²) in [5.74, 6) is 0.0114. The Morgan fingerprint density at radius 2 is 2.23 bits per heavy atom. The van der Waals surface area contributed by atoms with Crippen molar-refractivity contribution in [1.82, 2.24) is 15.5 Å². The maximum Gasteiger partial charge on any atom is 0.220 e. The Bertz CT molecular complexity index is 515. The molecule has 2 amide bonds. The highest BCUT2D eigenvalue weighted by atomic mass is 32.1. The molecule has 0 aliphatic carbocycles. The molecule has 0 bridgehead atoms. The smallest absolute Gasteiger partial charge is 0.220 e. The van der Waals surface area contributed by atoms with Gasteiger partial charge in [-0.2, -0.15) is 0 Å². The van der Waals surface area contributed by atoms with E-state index in [0.29, 0.717) is 32.0 Å². The van der Waals surface area contributed by atoms with E-state index in [1.54, 1.807) is 0 Å². The standard InChI is InChI=1S/C16H25N3O2S/c1-12(10-18-16(21)4-3-7-17-13(2)20)19-8-5-15-14(11-19)6-9-22-15/h6,9,12H,3-5,7-8,10-11H2,1-2H3,(H,17,20)(H,18,21)/t12-/m0/s1. The molecule has 1 aromatic rings. The Labute approximate surface area is 136 Å². The van der Waals surface area contributed by atoms with Crippen LogP contribution in [0, 0.1) is 0 Å². The summed E-state index contributed by atoms with van der Waals surface area (Å²) >= 11 is 1.84. The van der Waals surface area contributed by atoms with Crippen molar-refractivity contribution in [2.45, 2.75) is 45.7 Å². The van der Waals surface area contributed by atoms with Crippen molar-refractivity contribution < 1.29 is 9.59 Å². The van der Waals surface area contributed by atoms with E-state index in [2.05, 4.69) is 33.9 Å². The molecule has 22 heavy (non-hydrogen) atoms. The minimum atomic E-state index is -0.0491. The molecule has 6 heteroatoms. The first-order valence-corrected chi connectivity index (χ1v) is 8.74. The van der Waals surface area contributed by atoms with E-state index in [1.807, 2.05) is 11.3 Å². The Balaban J connectivity index is 1.64. The molecule has 0 spiro atoms. The SMILES string of the molecule is CC(=O)NCCCC(=O)NC[C@H](C)N1CCc2sccc2C1. The van der Waals surface area contributed by atoms with Crippen LogP contribution < -0.4 is 10.6 Å². The van der Waals surface area contributed by atoms with Crippen molar-refractivity contribution in [2.24, 2.45) is 0 Å². The predicted octanol–water partition coefficient (Wildman–Crippen LogP) is 1.53. The third kappa shape index (κ3) is 5.10. The molecule has 1 aromatic heterocycles. The molecule has 2 N–H and O–H groups in total. The van der Waals surface area contributed by atoms with Gasteiger partial charge in [0.15, 0.2) is 0 Å². The first-order valence-electron chi connectivity index (χ1n) is 7.86. The van der Waals surface area contributed by atoms with Crippen molar-refractivity contribution in [1.29, 1.82) is 0 Å². The van der Waals surface area contributed by atoms with E-state index in [-0.39, 0.29) is 11.8 Å². The second-order valence-corrected chi connectivity index (χ2v) is 6.83. The van der Waals surface area contributed by atoms with Crippen LogP contribution in [0.15, 0.2) is 11.4 Å². The minimum absolute atomic E-state index is 0.0491. The summed E-state index contributed by atoms with van der Waals surface area (Å²) < 4.78 is 0. The molecule has 0 fully saturated rings. The van der Waals surface area contributed by atoms with Crippen LogP contribution in [-0.2, 0) is 22.6 Å². The van der Waals surface area contributed by atoms with Gasteiger partial charge in [0.2, 0.25) is 11.8 Å². The van der Waals surface area contributed by atoms with E-state index in [9.17, 15) is 9.59 Å². The third-order valence-corrected chi connectivity index (χ3v) is 5.03. The van der Waals surface area contributed by atoms with Crippen LogP contribution in [0.4, 0.5) is 0 Å². The maximum atomic E-state index is 11.8. The van der Waals surface area contributed by atoms with E-state index in [4.69, 9.17) is 0 Å². The van der Waals surface area contributed by atoms with Gasteiger partial charge in [-0.3, -0.25) is 14.5 Å². The summed E-state index contributed by atoms with van der Waals surface area (Å²) in [6.45, 7) is 6.93. The Kier molecular flexibility index (Phi) is 6.39. The van der Waals surface area contributed by atoms with E-state index < -0.39 is 0 Å². The molecule has 1 aliphatic rings. The lowest BCUT2D eigenvalue weighted by Gasteiger charge is -2.32. The number of amides is 2. The molecule has 0 saturated heterocycles. The van der Waals surface area contributed by atoms with E-state index >= 15 is 0 Å². The lowest BCUT2D eigenvalue weighted by atomic mass is 10.1. The quantitative estimate of drug-likeness (QED) is 0.748. The summed E-state index contributed by atoms with van der Waals surface area (Å²) in [6.07, 6.45) is 2.26. The molecular formula is C16H25N3O2S. The fourth-order valence-electron chi connectivity index (χ4n) is 2.64. The highest BCUT2D eigenvalue weighted by Gasteiger charge is 2.21.